The van der Waals surface area contributed by atoms with Crippen LogP contribution in [-0.2, 0) is 11.4 Å². The summed E-state index contributed by atoms with van der Waals surface area (Å²) in [5.74, 6) is 0.457. The van der Waals surface area contributed by atoms with Crippen molar-refractivity contribution in [3.63, 3.8) is 0 Å². The van der Waals surface area contributed by atoms with Gasteiger partial charge in [0.25, 0.3) is 5.91 Å². The van der Waals surface area contributed by atoms with Gasteiger partial charge in [-0.2, -0.15) is 5.10 Å². The quantitative estimate of drug-likeness (QED) is 0.419. The molecular formula is C27H25N3O2. The smallest absolute Gasteiger partial charge is 0.279 e. The van der Waals surface area contributed by atoms with Gasteiger partial charge in [-0.25, -0.2) is 4.68 Å². The minimum atomic E-state index is -0.327. The molecule has 1 aliphatic rings. The minimum Gasteiger partial charge on any atom is -0.409 e. The lowest BCUT2D eigenvalue weighted by Gasteiger charge is -2.25. The molecular weight excluding hydrogens is 398 g/mol. The summed E-state index contributed by atoms with van der Waals surface area (Å²) in [6, 6.07) is 26.2. The zero-order valence-corrected chi connectivity index (χ0v) is 18.4. The molecule has 0 saturated carbocycles. The lowest BCUT2D eigenvalue weighted by molar-refractivity contribution is -0.126. The second-order valence-electron chi connectivity index (χ2n) is 8.23. The number of allylic oxidation sites excluding steroid dienone is 1. The number of carbonyl (C=O) groups excluding carboxylic acids is 1. The van der Waals surface area contributed by atoms with E-state index in [1.165, 1.54) is 15.5 Å². The summed E-state index contributed by atoms with van der Waals surface area (Å²) >= 11 is 0. The molecule has 0 bridgehead atoms. The van der Waals surface area contributed by atoms with Crippen molar-refractivity contribution in [1.29, 1.82) is 0 Å². The second-order valence-corrected chi connectivity index (χ2v) is 8.23. The van der Waals surface area contributed by atoms with E-state index in [-0.39, 0.29) is 11.9 Å². The van der Waals surface area contributed by atoms with Crippen molar-refractivity contribution in [2.45, 2.75) is 33.4 Å². The Morgan fingerprint density at radius 3 is 2.41 bits per heavy atom. The predicted octanol–water partition coefficient (Wildman–Crippen LogP) is 5.76. The molecule has 3 aromatic carbocycles. The van der Waals surface area contributed by atoms with Gasteiger partial charge in [-0.3, -0.25) is 4.79 Å². The molecule has 5 rings (SSSR count). The van der Waals surface area contributed by atoms with Crippen LogP contribution in [0, 0.1) is 13.8 Å². The molecule has 32 heavy (non-hydrogen) atoms. The summed E-state index contributed by atoms with van der Waals surface area (Å²) in [5, 5.41) is 8.70. The second kappa shape index (κ2) is 8.09. The van der Waals surface area contributed by atoms with Gasteiger partial charge in [-0.15, -0.1) is 5.06 Å². The zero-order chi connectivity index (χ0) is 22.2. The SMILES string of the molecule is CC1=C(C(=O)n2nc(C)cc2C)[C@@H](c2ccccc2)N(Cc2cccc3ccccc23)O1. The normalized spacial score (nSPS) is 16.5. The summed E-state index contributed by atoms with van der Waals surface area (Å²) < 4.78 is 1.48. The molecule has 0 radical (unpaired) electrons. The first-order valence-corrected chi connectivity index (χ1v) is 10.8. The highest BCUT2D eigenvalue weighted by Crippen LogP contribution is 2.40. The fourth-order valence-corrected chi connectivity index (χ4v) is 4.52. The van der Waals surface area contributed by atoms with Crippen LogP contribution in [0.15, 0.2) is 90.2 Å². The van der Waals surface area contributed by atoms with Crippen LogP contribution in [0.5, 0.6) is 0 Å². The maximum absolute atomic E-state index is 13.6. The van der Waals surface area contributed by atoms with Gasteiger partial charge in [0.05, 0.1) is 17.8 Å². The van der Waals surface area contributed by atoms with Crippen molar-refractivity contribution < 1.29 is 9.63 Å². The Morgan fingerprint density at radius 2 is 1.66 bits per heavy atom. The summed E-state index contributed by atoms with van der Waals surface area (Å²) in [4.78, 5) is 19.9. The molecule has 1 aromatic heterocycles. The number of benzene rings is 3. The Bertz CT molecular complexity index is 1330. The van der Waals surface area contributed by atoms with E-state index in [2.05, 4.69) is 35.4 Å². The van der Waals surface area contributed by atoms with Crippen molar-refractivity contribution in [2.24, 2.45) is 0 Å². The summed E-state index contributed by atoms with van der Waals surface area (Å²) in [7, 11) is 0. The average molecular weight is 424 g/mol. The van der Waals surface area contributed by atoms with Crippen molar-refractivity contribution in [1.82, 2.24) is 14.8 Å². The van der Waals surface area contributed by atoms with Crippen LogP contribution in [0.4, 0.5) is 0 Å². The Hall–Kier alpha value is -3.70. The number of aryl methyl sites for hydroxylation is 2. The third-order valence-corrected chi connectivity index (χ3v) is 5.95. The fourth-order valence-electron chi connectivity index (χ4n) is 4.52. The lowest BCUT2D eigenvalue weighted by Crippen LogP contribution is -2.28. The Balaban J connectivity index is 1.57. The number of hydrogen-bond donors (Lipinski definition) is 0. The van der Waals surface area contributed by atoms with Crippen molar-refractivity contribution in [2.75, 3.05) is 0 Å². The molecule has 2 heterocycles. The van der Waals surface area contributed by atoms with E-state index in [0.717, 1.165) is 22.5 Å². The monoisotopic (exact) mass is 423 g/mol. The van der Waals surface area contributed by atoms with Crippen molar-refractivity contribution in [3.8, 4) is 0 Å². The zero-order valence-electron chi connectivity index (χ0n) is 18.4. The van der Waals surface area contributed by atoms with E-state index in [9.17, 15) is 4.79 Å². The van der Waals surface area contributed by atoms with Gasteiger partial charge in [0, 0.05) is 5.69 Å². The fraction of sp³-hybridized carbons (Fsp3) is 0.185. The van der Waals surface area contributed by atoms with Gasteiger partial charge in [-0.05, 0) is 48.7 Å². The van der Waals surface area contributed by atoms with Crippen molar-refractivity contribution >= 4 is 16.7 Å². The molecule has 4 aromatic rings. The topological polar surface area (TPSA) is 47.4 Å². The number of aromatic nitrogens is 2. The maximum atomic E-state index is 13.6. The van der Waals surface area contributed by atoms with Gasteiger partial charge in [0.2, 0.25) is 0 Å². The van der Waals surface area contributed by atoms with Crippen LogP contribution in [0.2, 0.25) is 0 Å². The summed E-state index contributed by atoms with van der Waals surface area (Å²) in [5.41, 5.74) is 4.40. The number of rotatable bonds is 4. The molecule has 160 valence electrons. The van der Waals surface area contributed by atoms with Gasteiger partial charge in [0.1, 0.15) is 11.8 Å². The van der Waals surface area contributed by atoms with Gasteiger partial charge < -0.3 is 4.84 Å². The molecule has 0 saturated heterocycles. The van der Waals surface area contributed by atoms with E-state index in [1.807, 2.05) is 74.4 Å². The number of nitrogens with zero attached hydrogens (tertiary/aromatic N) is 3. The minimum absolute atomic E-state index is 0.151. The first-order valence-electron chi connectivity index (χ1n) is 10.8. The Morgan fingerprint density at radius 1 is 0.938 bits per heavy atom. The molecule has 5 nitrogen and oxygen atoms in total. The van der Waals surface area contributed by atoms with Crippen LogP contribution in [-0.4, -0.2) is 20.8 Å². The van der Waals surface area contributed by atoms with E-state index in [0.29, 0.717) is 17.9 Å². The highest BCUT2D eigenvalue weighted by Gasteiger charge is 2.39. The highest BCUT2D eigenvalue weighted by atomic mass is 16.7. The molecule has 0 aliphatic carbocycles. The van der Waals surface area contributed by atoms with E-state index >= 15 is 0 Å². The summed E-state index contributed by atoms with van der Waals surface area (Å²) in [6.45, 7) is 6.20. The van der Waals surface area contributed by atoms with Crippen LogP contribution in [0.25, 0.3) is 10.8 Å². The van der Waals surface area contributed by atoms with Gasteiger partial charge in [0.15, 0.2) is 0 Å². The third kappa shape index (κ3) is 3.51. The van der Waals surface area contributed by atoms with E-state index in [1.54, 1.807) is 0 Å². The van der Waals surface area contributed by atoms with Crippen LogP contribution >= 0.6 is 0 Å². The van der Waals surface area contributed by atoms with Crippen LogP contribution in [0.1, 0.15) is 40.3 Å². The maximum Gasteiger partial charge on any atom is 0.279 e. The van der Waals surface area contributed by atoms with Crippen LogP contribution in [0.3, 0.4) is 0 Å². The Kier molecular flexibility index (Phi) is 5.11. The largest absolute Gasteiger partial charge is 0.409 e. The van der Waals surface area contributed by atoms with Crippen LogP contribution < -0.4 is 0 Å². The lowest BCUT2D eigenvalue weighted by atomic mass is 9.96. The average Bonchev–Trinajstić information content (AvgIpc) is 3.31. The number of hydroxylamine groups is 2. The molecule has 0 spiro atoms. The molecule has 1 aliphatic heterocycles. The molecule has 0 amide bonds. The van der Waals surface area contributed by atoms with Gasteiger partial charge in [-0.1, -0.05) is 72.8 Å². The third-order valence-electron chi connectivity index (χ3n) is 5.95. The highest BCUT2D eigenvalue weighted by molar-refractivity contribution is 5.97. The van der Waals surface area contributed by atoms with Crippen molar-refractivity contribution in [3.05, 3.63) is 113 Å². The number of carbonyl (C=O) groups is 1. The predicted molar refractivity (Wildman–Crippen MR) is 125 cm³/mol. The number of hydrogen-bond acceptors (Lipinski definition) is 4. The molecule has 5 heteroatoms. The van der Waals surface area contributed by atoms with E-state index in [4.69, 9.17) is 4.84 Å². The molecule has 1 atom stereocenters. The molecule has 0 fully saturated rings. The standard InChI is InChI=1S/C27H25N3O2/c1-18-16-19(2)30(28-18)27(31)25-20(3)32-29(26(25)22-11-5-4-6-12-22)17-23-14-9-13-21-10-7-8-15-24(21)23/h4-16,26H,17H2,1-3H3/t26-/m1/s1. The Labute approximate surface area is 187 Å². The first-order chi connectivity index (χ1) is 15.5. The van der Waals surface area contributed by atoms with Gasteiger partial charge >= 0.3 is 0 Å². The molecule has 0 unspecified atom stereocenters. The molecule has 0 N–H and O–H groups in total. The summed E-state index contributed by atoms with van der Waals surface area (Å²) in [6.07, 6.45) is 0. The van der Waals surface area contributed by atoms with E-state index < -0.39 is 0 Å². The number of fused-ring (bicyclic) bond motifs is 1. The first kappa shape index (κ1) is 20.2.